The van der Waals surface area contributed by atoms with Gasteiger partial charge in [0.05, 0.1) is 0 Å². The highest BCUT2D eigenvalue weighted by atomic mass is 35.5. The topological polar surface area (TPSA) is 104 Å². The van der Waals surface area contributed by atoms with Gasteiger partial charge in [-0.2, -0.15) is 0 Å². The van der Waals surface area contributed by atoms with E-state index in [1.165, 1.54) is 5.56 Å². The van der Waals surface area contributed by atoms with Crippen LogP contribution in [-0.4, -0.2) is 65.7 Å². The van der Waals surface area contributed by atoms with E-state index in [-0.39, 0.29) is 6.42 Å². The number of carbonyl (C=O) groups excluding carboxylic acids is 1. The lowest BCUT2D eigenvalue weighted by atomic mass is 10.1. The average molecular weight is 565 g/mol. The first kappa shape index (κ1) is 29.4. The maximum atomic E-state index is 12.6. The highest BCUT2D eigenvalue weighted by Crippen LogP contribution is 2.20. The molecule has 4 rings (SSSR count). The Balaban J connectivity index is 1.29. The van der Waals surface area contributed by atoms with Gasteiger partial charge in [0.25, 0.3) is 5.91 Å². The minimum Gasteiger partial charge on any atom is -0.492 e. The summed E-state index contributed by atoms with van der Waals surface area (Å²) in [6, 6.07) is 19.3. The smallest absolute Gasteiger partial charge is 0.326 e. The summed E-state index contributed by atoms with van der Waals surface area (Å²) in [6.45, 7) is 3.40. The number of carboxylic acids is 1. The van der Waals surface area contributed by atoms with Crippen LogP contribution in [0.25, 0.3) is 0 Å². The third-order valence-electron chi connectivity index (χ3n) is 6.97. The fraction of sp³-hybridized carbons (Fsp3) is 0.387. The molecule has 1 aliphatic heterocycles. The van der Waals surface area contributed by atoms with Gasteiger partial charge < -0.3 is 20.5 Å². The van der Waals surface area contributed by atoms with Crippen molar-refractivity contribution in [3.05, 3.63) is 88.6 Å². The summed E-state index contributed by atoms with van der Waals surface area (Å²) in [6.07, 6.45) is 5.29. The molecule has 1 aromatic heterocycles. The molecular formula is C31H37ClN4O4. The number of hydrogen-bond acceptors (Lipinski definition) is 6. The van der Waals surface area contributed by atoms with Crippen LogP contribution in [0, 0.1) is 0 Å². The van der Waals surface area contributed by atoms with Gasteiger partial charge in [0.2, 0.25) is 0 Å². The quantitative estimate of drug-likeness (QED) is 0.221. The first-order valence-corrected chi connectivity index (χ1v) is 14.3. The normalized spacial score (nSPS) is 13.2. The first-order chi connectivity index (χ1) is 19.5. The second kappa shape index (κ2) is 15.2. The van der Waals surface area contributed by atoms with E-state index in [0.717, 1.165) is 62.5 Å². The third kappa shape index (κ3) is 9.24. The molecule has 0 fully saturated rings. The van der Waals surface area contributed by atoms with Gasteiger partial charge in [-0.25, -0.2) is 9.78 Å². The zero-order chi connectivity index (χ0) is 28.2. The Morgan fingerprint density at radius 2 is 1.82 bits per heavy atom. The number of aryl methyl sites for hydroxylation is 2. The number of hydrogen-bond donors (Lipinski definition) is 3. The molecule has 0 saturated carbocycles. The summed E-state index contributed by atoms with van der Waals surface area (Å²) in [7, 11) is 0. The molecular weight excluding hydrogens is 528 g/mol. The Morgan fingerprint density at radius 1 is 1.02 bits per heavy atom. The zero-order valence-corrected chi connectivity index (χ0v) is 23.4. The summed E-state index contributed by atoms with van der Waals surface area (Å²) in [4.78, 5) is 31.6. The largest absolute Gasteiger partial charge is 0.492 e. The standard InChI is InChI=1S/C31H37ClN4O4/c32-25-14-11-24(12-15-25)30(37)35-28(31(38)39)17-20-36(21-22-40-27-9-2-1-3-10-27)19-5-4-8-26-16-13-23-7-6-18-33-29(23)34-26/h1-3,9-16,28H,4-8,17-22H2,(H,33,34)(H,35,37)(H,38,39). The predicted octanol–water partition coefficient (Wildman–Crippen LogP) is 5.07. The van der Waals surface area contributed by atoms with Crippen molar-refractivity contribution in [3.63, 3.8) is 0 Å². The lowest BCUT2D eigenvalue weighted by Gasteiger charge is -2.24. The summed E-state index contributed by atoms with van der Waals surface area (Å²) in [5, 5.41) is 16.3. The lowest BCUT2D eigenvalue weighted by molar-refractivity contribution is -0.139. The van der Waals surface area contributed by atoms with E-state index in [0.29, 0.717) is 30.3 Å². The highest BCUT2D eigenvalue weighted by molar-refractivity contribution is 6.30. The predicted molar refractivity (Wildman–Crippen MR) is 157 cm³/mol. The Labute approximate surface area is 240 Å². The van der Waals surface area contributed by atoms with Gasteiger partial charge in [-0.3, -0.25) is 9.69 Å². The number of anilines is 1. The van der Waals surface area contributed by atoms with Crippen LogP contribution in [0.5, 0.6) is 5.75 Å². The number of pyridine rings is 1. The summed E-state index contributed by atoms with van der Waals surface area (Å²) >= 11 is 5.91. The number of carboxylic acid groups (broad SMARTS) is 1. The van der Waals surface area contributed by atoms with Crippen LogP contribution in [0.4, 0.5) is 5.82 Å². The van der Waals surface area contributed by atoms with E-state index in [4.69, 9.17) is 21.3 Å². The van der Waals surface area contributed by atoms with Gasteiger partial charge in [-0.1, -0.05) is 35.9 Å². The summed E-state index contributed by atoms with van der Waals surface area (Å²) in [5.41, 5.74) is 2.74. The van der Waals surface area contributed by atoms with Gasteiger partial charge in [0.1, 0.15) is 24.2 Å². The van der Waals surface area contributed by atoms with E-state index in [9.17, 15) is 14.7 Å². The van der Waals surface area contributed by atoms with E-state index in [2.05, 4.69) is 27.7 Å². The Hall–Kier alpha value is -3.62. The van der Waals surface area contributed by atoms with Crippen molar-refractivity contribution < 1.29 is 19.4 Å². The molecule has 0 spiro atoms. The third-order valence-corrected chi connectivity index (χ3v) is 7.22. The number of ether oxygens (including phenoxy) is 1. The number of benzene rings is 2. The molecule has 0 radical (unpaired) electrons. The number of carbonyl (C=O) groups is 2. The van der Waals surface area contributed by atoms with Gasteiger partial charge in [0.15, 0.2) is 0 Å². The van der Waals surface area contributed by atoms with E-state index in [1.807, 2.05) is 30.3 Å². The maximum Gasteiger partial charge on any atom is 0.326 e. The monoisotopic (exact) mass is 564 g/mol. The molecule has 9 heteroatoms. The van der Waals surface area contributed by atoms with Crippen LogP contribution in [0.15, 0.2) is 66.7 Å². The molecule has 1 unspecified atom stereocenters. The van der Waals surface area contributed by atoms with E-state index < -0.39 is 17.9 Å². The van der Waals surface area contributed by atoms with Crippen molar-refractivity contribution in [2.75, 3.05) is 38.1 Å². The SMILES string of the molecule is O=C(NC(CCN(CCCCc1ccc2c(n1)NCCC2)CCOc1ccccc1)C(=O)O)c1ccc(Cl)cc1. The zero-order valence-electron chi connectivity index (χ0n) is 22.7. The number of nitrogens with zero attached hydrogens (tertiary/aromatic N) is 2. The molecule has 212 valence electrons. The number of amides is 1. The van der Waals surface area contributed by atoms with Crippen LogP contribution < -0.4 is 15.4 Å². The first-order valence-electron chi connectivity index (χ1n) is 13.9. The number of aromatic nitrogens is 1. The fourth-order valence-corrected chi connectivity index (χ4v) is 4.83. The second-order valence-electron chi connectivity index (χ2n) is 9.96. The Morgan fingerprint density at radius 3 is 2.60 bits per heavy atom. The van der Waals surface area contributed by atoms with E-state index in [1.54, 1.807) is 24.3 Å². The molecule has 40 heavy (non-hydrogen) atoms. The van der Waals surface area contributed by atoms with Crippen molar-refractivity contribution in [1.82, 2.24) is 15.2 Å². The number of fused-ring (bicyclic) bond motifs is 1. The molecule has 1 aliphatic rings. The number of aliphatic carboxylic acids is 1. The Kier molecular flexibility index (Phi) is 11.2. The van der Waals surface area contributed by atoms with Crippen molar-refractivity contribution >= 4 is 29.3 Å². The minimum atomic E-state index is -1.06. The molecule has 2 heterocycles. The van der Waals surface area contributed by atoms with Gasteiger partial charge in [-0.15, -0.1) is 0 Å². The molecule has 2 aromatic carbocycles. The second-order valence-corrected chi connectivity index (χ2v) is 10.4. The molecule has 1 amide bonds. The lowest BCUT2D eigenvalue weighted by Crippen LogP contribution is -2.43. The number of nitrogens with one attached hydrogen (secondary N) is 2. The van der Waals surface area contributed by atoms with E-state index >= 15 is 0 Å². The van der Waals surface area contributed by atoms with Gasteiger partial charge in [-0.05, 0) is 93.1 Å². The molecule has 0 aliphatic carbocycles. The average Bonchev–Trinajstić information content (AvgIpc) is 2.97. The van der Waals surface area contributed by atoms with Crippen molar-refractivity contribution in [1.29, 1.82) is 0 Å². The number of halogens is 1. The van der Waals surface area contributed by atoms with Gasteiger partial charge >= 0.3 is 5.97 Å². The van der Waals surface area contributed by atoms with Crippen LogP contribution in [0.3, 0.4) is 0 Å². The number of rotatable bonds is 15. The summed E-state index contributed by atoms with van der Waals surface area (Å²) in [5.74, 6) is 0.321. The van der Waals surface area contributed by atoms with Gasteiger partial charge in [0, 0.05) is 35.9 Å². The summed E-state index contributed by atoms with van der Waals surface area (Å²) < 4.78 is 5.90. The fourth-order valence-electron chi connectivity index (χ4n) is 4.71. The van der Waals surface area contributed by atoms with Crippen LogP contribution >= 0.6 is 11.6 Å². The number of para-hydroxylation sites is 1. The van der Waals surface area contributed by atoms with Crippen molar-refractivity contribution in [3.8, 4) is 5.75 Å². The van der Waals surface area contributed by atoms with Crippen molar-refractivity contribution in [2.24, 2.45) is 0 Å². The molecule has 1 atom stereocenters. The number of unbranched alkanes of at least 4 members (excludes halogenated alkanes) is 1. The molecule has 3 aromatic rings. The molecule has 0 bridgehead atoms. The minimum absolute atomic E-state index is 0.276. The molecule has 0 saturated heterocycles. The highest BCUT2D eigenvalue weighted by Gasteiger charge is 2.22. The molecule has 8 nitrogen and oxygen atoms in total. The van der Waals surface area contributed by atoms with Crippen LogP contribution in [0.2, 0.25) is 5.02 Å². The molecule has 3 N–H and O–H groups in total. The van der Waals surface area contributed by atoms with Crippen molar-refractivity contribution in [2.45, 2.75) is 44.6 Å². The Bertz CT molecular complexity index is 1240. The van der Waals surface area contributed by atoms with Crippen LogP contribution in [0.1, 0.15) is 47.3 Å². The maximum absolute atomic E-state index is 12.6. The van der Waals surface area contributed by atoms with Crippen LogP contribution in [-0.2, 0) is 17.6 Å².